The Labute approximate surface area is 249 Å². The minimum absolute atomic E-state index is 0.134. The second-order valence-electron chi connectivity index (χ2n) is 11.4. The van der Waals surface area contributed by atoms with Gasteiger partial charge in [-0.25, -0.2) is 0 Å². The number of anilines is 1. The lowest BCUT2D eigenvalue weighted by molar-refractivity contribution is -0.131. The normalized spacial score (nSPS) is 15.8. The maximum absolute atomic E-state index is 12.9. The predicted octanol–water partition coefficient (Wildman–Crippen LogP) is 5.36. The maximum atomic E-state index is 12.9. The molecule has 0 radical (unpaired) electrons. The van der Waals surface area contributed by atoms with E-state index in [1.165, 1.54) is 11.1 Å². The molecule has 0 saturated carbocycles. The van der Waals surface area contributed by atoms with E-state index in [1.807, 2.05) is 35.2 Å². The molecule has 3 heterocycles. The van der Waals surface area contributed by atoms with Gasteiger partial charge < -0.3 is 10.2 Å². The summed E-state index contributed by atoms with van der Waals surface area (Å²) in [6.07, 6.45) is 1.90. The largest absolute Gasteiger partial charge is 0.375 e. The number of hydrogen-bond acceptors (Lipinski definition) is 6. The van der Waals surface area contributed by atoms with E-state index < -0.39 is 0 Å². The van der Waals surface area contributed by atoms with Crippen LogP contribution in [0.1, 0.15) is 50.1 Å². The van der Waals surface area contributed by atoms with E-state index in [4.69, 9.17) is 16.6 Å². The average molecular weight is 578 g/mol. The number of ketones is 1. The lowest BCUT2D eigenvalue weighted by atomic mass is 9.99. The number of para-hydroxylation sites is 1. The summed E-state index contributed by atoms with van der Waals surface area (Å²) in [5, 5.41) is 5.32. The van der Waals surface area contributed by atoms with E-state index >= 15 is 0 Å². The van der Waals surface area contributed by atoms with Crippen molar-refractivity contribution >= 4 is 39.9 Å². The van der Waals surface area contributed by atoms with Gasteiger partial charge in [0.2, 0.25) is 5.91 Å². The van der Waals surface area contributed by atoms with Gasteiger partial charge in [0.05, 0.1) is 24.3 Å². The molecule has 2 aromatic carbocycles. The molecule has 0 spiro atoms. The van der Waals surface area contributed by atoms with Crippen molar-refractivity contribution in [3.63, 3.8) is 0 Å². The Balaban J connectivity index is 0.000000328. The first-order chi connectivity index (χ1) is 19.7. The highest BCUT2D eigenvalue weighted by Gasteiger charge is 2.25. The van der Waals surface area contributed by atoms with Crippen LogP contribution in [0.15, 0.2) is 42.5 Å². The van der Waals surface area contributed by atoms with Crippen molar-refractivity contribution < 1.29 is 9.59 Å². The number of benzene rings is 2. The number of pyridine rings is 1. The molecule has 0 aliphatic carbocycles. The van der Waals surface area contributed by atoms with Crippen LogP contribution < -0.4 is 5.32 Å². The van der Waals surface area contributed by atoms with Crippen molar-refractivity contribution in [2.45, 2.75) is 60.0 Å². The topological polar surface area (TPSA) is 68.8 Å². The van der Waals surface area contributed by atoms with E-state index in [0.717, 1.165) is 78.4 Å². The van der Waals surface area contributed by atoms with Crippen LogP contribution in [-0.2, 0) is 29.0 Å². The third-order valence-corrected chi connectivity index (χ3v) is 8.31. The van der Waals surface area contributed by atoms with E-state index in [2.05, 4.69) is 54.9 Å². The molecule has 1 amide bonds. The zero-order chi connectivity index (χ0) is 29.5. The van der Waals surface area contributed by atoms with Crippen LogP contribution in [0.3, 0.4) is 0 Å². The van der Waals surface area contributed by atoms with Crippen LogP contribution in [0.4, 0.5) is 5.69 Å². The van der Waals surface area contributed by atoms with Gasteiger partial charge >= 0.3 is 0 Å². The van der Waals surface area contributed by atoms with Crippen LogP contribution in [0, 0.1) is 6.92 Å². The molecule has 7 nitrogen and oxygen atoms in total. The van der Waals surface area contributed by atoms with Crippen molar-refractivity contribution in [1.29, 1.82) is 0 Å². The van der Waals surface area contributed by atoms with E-state index in [1.54, 1.807) is 6.92 Å². The smallest absolute Gasteiger partial charge is 0.241 e. The van der Waals surface area contributed by atoms with Crippen molar-refractivity contribution in [3.8, 4) is 0 Å². The summed E-state index contributed by atoms with van der Waals surface area (Å²) in [4.78, 5) is 36.0. The van der Waals surface area contributed by atoms with Gasteiger partial charge in [-0.2, -0.15) is 0 Å². The van der Waals surface area contributed by atoms with E-state index in [9.17, 15) is 9.59 Å². The Morgan fingerprint density at radius 3 is 2.44 bits per heavy atom. The number of piperazine rings is 1. The third kappa shape index (κ3) is 8.06. The highest BCUT2D eigenvalue weighted by Crippen LogP contribution is 2.32. The van der Waals surface area contributed by atoms with Gasteiger partial charge in [-0.05, 0) is 63.4 Å². The van der Waals surface area contributed by atoms with Gasteiger partial charge in [-0.3, -0.25) is 24.4 Å². The van der Waals surface area contributed by atoms with Gasteiger partial charge in [0.25, 0.3) is 0 Å². The molecule has 0 unspecified atom stereocenters. The van der Waals surface area contributed by atoms with Gasteiger partial charge in [0.15, 0.2) is 0 Å². The highest BCUT2D eigenvalue weighted by atomic mass is 35.5. The fourth-order valence-corrected chi connectivity index (χ4v) is 5.94. The Morgan fingerprint density at radius 2 is 1.78 bits per heavy atom. The highest BCUT2D eigenvalue weighted by molar-refractivity contribution is 6.30. The monoisotopic (exact) mass is 577 g/mol. The molecule has 3 aromatic rings. The molecule has 1 aromatic heterocycles. The molecule has 220 valence electrons. The van der Waals surface area contributed by atoms with Crippen LogP contribution in [0.2, 0.25) is 5.02 Å². The lowest BCUT2D eigenvalue weighted by Gasteiger charge is -2.37. The van der Waals surface area contributed by atoms with Gasteiger partial charge in [0, 0.05) is 73.4 Å². The first-order valence-electron chi connectivity index (χ1n) is 14.8. The molecule has 2 aliphatic rings. The fraction of sp³-hybridized carbons (Fsp3) is 0.485. The van der Waals surface area contributed by atoms with Crippen molar-refractivity contribution in [1.82, 2.24) is 19.7 Å². The summed E-state index contributed by atoms with van der Waals surface area (Å²) >= 11 is 5.77. The molecule has 1 saturated heterocycles. The third-order valence-electron chi connectivity index (χ3n) is 8.07. The average Bonchev–Trinajstić information content (AvgIpc) is 2.95. The van der Waals surface area contributed by atoms with Gasteiger partial charge in [0.1, 0.15) is 5.78 Å². The Kier molecular flexibility index (Phi) is 10.8. The SMILES string of the molecule is CC(=O)CN1CCc2nc3ccccc3c(NCC(=O)N3CCN(C(C)C)CC3)c2C1.CCc1ccc(Cl)cc1C. The zero-order valence-electron chi connectivity index (χ0n) is 25.2. The Bertz CT molecular complexity index is 1370. The van der Waals surface area contributed by atoms with Gasteiger partial charge in [-0.1, -0.05) is 42.8 Å². The number of aromatic nitrogens is 1. The number of nitrogens with one attached hydrogen (secondary N) is 1. The zero-order valence-corrected chi connectivity index (χ0v) is 25.9. The number of halogens is 1. The van der Waals surface area contributed by atoms with Crippen LogP contribution in [0.5, 0.6) is 0 Å². The van der Waals surface area contributed by atoms with Crippen molar-refractivity contribution in [2.75, 3.05) is 51.1 Å². The molecule has 41 heavy (non-hydrogen) atoms. The number of Topliss-reactive ketones (excluding diaryl/α,β-unsaturated/α-hetero) is 1. The minimum atomic E-state index is 0.134. The van der Waals surface area contributed by atoms with Crippen molar-refractivity contribution in [3.05, 3.63) is 69.9 Å². The summed E-state index contributed by atoms with van der Waals surface area (Å²) in [6, 6.07) is 14.6. The molecule has 2 aliphatic heterocycles. The lowest BCUT2D eigenvalue weighted by Crippen LogP contribution is -2.51. The summed E-state index contributed by atoms with van der Waals surface area (Å²) in [6.45, 7) is 15.9. The number of carbonyl (C=O) groups excluding carboxylic acids is 2. The minimum Gasteiger partial charge on any atom is -0.375 e. The van der Waals surface area contributed by atoms with Crippen molar-refractivity contribution in [2.24, 2.45) is 0 Å². The number of amides is 1. The summed E-state index contributed by atoms with van der Waals surface area (Å²) < 4.78 is 0. The van der Waals surface area contributed by atoms with E-state index in [-0.39, 0.29) is 18.2 Å². The second-order valence-corrected chi connectivity index (χ2v) is 11.8. The quantitative estimate of drug-likeness (QED) is 0.408. The summed E-state index contributed by atoms with van der Waals surface area (Å²) in [5.41, 5.74) is 6.78. The first kappa shape index (κ1) is 30.9. The number of carbonyl (C=O) groups is 2. The molecule has 5 rings (SSSR count). The van der Waals surface area contributed by atoms with Gasteiger partial charge in [-0.15, -0.1) is 0 Å². The molecule has 0 atom stereocenters. The molecule has 8 heteroatoms. The molecule has 1 N–H and O–H groups in total. The number of hydrogen-bond donors (Lipinski definition) is 1. The Morgan fingerprint density at radius 1 is 1.05 bits per heavy atom. The number of aryl methyl sites for hydroxylation is 2. The summed E-state index contributed by atoms with van der Waals surface area (Å²) in [5.74, 6) is 0.303. The summed E-state index contributed by atoms with van der Waals surface area (Å²) in [7, 11) is 0. The van der Waals surface area contributed by atoms with Crippen LogP contribution in [0.25, 0.3) is 10.9 Å². The second kappa shape index (κ2) is 14.3. The number of nitrogens with zero attached hydrogens (tertiary/aromatic N) is 4. The standard InChI is InChI=1S/C24H33N5O2.C9H11Cl/c1-17(2)28-10-12-29(13-11-28)23(31)14-25-24-19-6-4-5-7-21(19)26-22-8-9-27(15-18(3)30)16-20(22)24;1-3-8-4-5-9(10)6-7(8)2/h4-7,17H,8-16H2,1-3H3,(H,25,26);4-6H,3H2,1-2H3. The van der Waals surface area contributed by atoms with Crippen LogP contribution in [-0.4, -0.2) is 83.2 Å². The first-order valence-corrected chi connectivity index (χ1v) is 15.2. The predicted molar refractivity (Wildman–Crippen MR) is 169 cm³/mol. The van der Waals surface area contributed by atoms with Crippen LogP contribution >= 0.6 is 11.6 Å². The molecule has 0 bridgehead atoms. The Hall–Kier alpha value is -3.00. The van der Waals surface area contributed by atoms with E-state index in [0.29, 0.717) is 19.1 Å². The number of rotatable bonds is 7. The molecular formula is C33H44ClN5O2. The fourth-order valence-electron chi connectivity index (χ4n) is 5.72. The molecular weight excluding hydrogens is 534 g/mol. The maximum Gasteiger partial charge on any atom is 0.241 e. The molecule has 1 fully saturated rings. The number of fused-ring (bicyclic) bond motifs is 2.